The van der Waals surface area contributed by atoms with Gasteiger partial charge in [-0.2, -0.15) is 0 Å². The van der Waals surface area contributed by atoms with E-state index >= 15 is 0 Å². The summed E-state index contributed by atoms with van der Waals surface area (Å²) >= 11 is 3.57. The lowest BCUT2D eigenvalue weighted by Crippen LogP contribution is -2.00. The first-order valence-corrected chi connectivity index (χ1v) is 7.36. The molecule has 2 nitrogen and oxygen atoms in total. The number of pyridine rings is 1. The van der Waals surface area contributed by atoms with E-state index in [1.165, 1.54) is 11.1 Å². The average molecular weight is 327 g/mol. The highest BCUT2D eigenvalue weighted by Crippen LogP contribution is 2.23. The lowest BCUT2D eigenvalue weighted by atomic mass is 10.1. The second-order valence-corrected chi connectivity index (χ2v) is 5.67. The van der Waals surface area contributed by atoms with Crippen LogP contribution in [-0.4, -0.2) is 4.98 Å². The Bertz CT molecular complexity index is 748. The van der Waals surface area contributed by atoms with Gasteiger partial charge in [0.25, 0.3) is 0 Å². The van der Waals surface area contributed by atoms with E-state index in [4.69, 9.17) is 0 Å². The van der Waals surface area contributed by atoms with E-state index in [0.29, 0.717) is 0 Å². The molecule has 0 bridgehead atoms. The molecule has 0 atom stereocenters. The van der Waals surface area contributed by atoms with Gasteiger partial charge in [0.1, 0.15) is 0 Å². The fourth-order valence-corrected chi connectivity index (χ4v) is 2.63. The molecule has 3 rings (SSSR count). The molecule has 0 spiro atoms. The number of halogens is 1. The van der Waals surface area contributed by atoms with Crippen molar-refractivity contribution in [2.24, 2.45) is 0 Å². The highest BCUT2D eigenvalue weighted by atomic mass is 79.9. The van der Waals surface area contributed by atoms with Crippen LogP contribution in [0.2, 0.25) is 0 Å². The molecular weight excluding hydrogens is 312 g/mol. The van der Waals surface area contributed by atoms with E-state index in [-0.39, 0.29) is 0 Å². The third kappa shape index (κ3) is 2.68. The molecule has 1 N–H and O–H groups in total. The van der Waals surface area contributed by atoms with Gasteiger partial charge in [-0.05, 0) is 48.4 Å². The Hall–Kier alpha value is -1.87. The van der Waals surface area contributed by atoms with Crippen molar-refractivity contribution < 1.29 is 0 Å². The Labute approximate surface area is 127 Å². The lowest BCUT2D eigenvalue weighted by Gasteiger charge is -2.10. The summed E-state index contributed by atoms with van der Waals surface area (Å²) in [4.78, 5) is 4.38. The molecule has 100 valence electrons. The Morgan fingerprint density at radius 2 is 2.00 bits per heavy atom. The molecule has 0 saturated heterocycles. The van der Waals surface area contributed by atoms with Crippen LogP contribution in [0.15, 0.2) is 59.2 Å². The molecule has 0 saturated carbocycles. The smallest absolute Gasteiger partial charge is 0.0722 e. The van der Waals surface area contributed by atoms with Gasteiger partial charge in [-0.3, -0.25) is 4.98 Å². The van der Waals surface area contributed by atoms with Crippen molar-refractivity contribution in [3.63, 3.8) is 0 Å². The monoisotopic (exact) mass is 326 g/mol. The normalized spacial score (nSPS) is 10.7. The number of aryl methyl sites for hydroxylation is 1. The number of anilines is 1. The molecule has 3 aromatic rings. The maximum Gasteiger partial charge on any atom is 0.0722 e. The topological polar surface area (TPSA) is 24.9 Å². The van der Waals surface area contributed by atoms with Gasteiger partial charge in [0.15, 0.2) is 0 Å². The van der Waals surface area contributed by atoms with Crippen LogP contribution in [-0.2, 0) is 6.54 Å². The fraction of sp³-hybridized carbons (Fsp3) is 0.118. The molecule has 0 aliphatic carbocycles. The summed E-state index contributed by atoms with van der Waals surface area (Å²) in [6.45, 7) is 2.89. The van der Waals surface area contributed by atoms with Crippen molar-refractivity contribution in [3.8, 4) is 0 Å². The summed E-state index contributed by atoms with van der Waals surface area (Å²) in [6.07, 6.45) is 1.82. The molecule has 0 aliphatic heterocycles. The van der Waals surface area contributed by atoms with Crippen molar-refractivity contribution in [1.29, 1.82) is 0 Å². The fourth-order valence-electron chi connectivity index (χ4n) is 2.20. The van der Waals surface area contributed by atoms with Crippen LogP contribution in [0.25, 0.3) is 10.9 Å². The molecule has 0 radical (unpaired) electrons. The number of benzene rings is 2. The van der Waals surface area contributed by atoms with E-state index < -0.39 is 0 Å². The van der Waals surface area contributed by atoms with Crippen molar-refractivity contribution >= 4 is 32.5 Å². The van der Waals surface area contributed by atoms with Crippen LogP contribution in [0.3, 0.4) is 0 Å². The van der Waals surface area contributed by atoms with E-state index in [1.807, 2.05) is 24.4 Å². The molecule has 0 unspecified atom stereocenters. The van der Waals surface area contributed by atoms with Gasteiger partial charge in [0.2, 0.25) is 0 Å². The zero-order chi connectivity index (χ0) is 13.9. The number of hydrogen-bond acceptors (Lipinski definition) is 2. The Morgan fingerprint density at radius 1 is 1.10 bits per heavy atom. The summed E-state index contributed by atoms with van der Waals surface area (Å²) < 4.78 is 1.15. The second kappa shape index (κ2) is 5.63. The summed E-state index contributed by atoms with van der Waals surface area (Å²) in [5, 5.41) is 4.64. The molecule has 0 aliphatic rings. The number of fused-ring (bicyclic) bond motifs is 1. The van der Waals surface area contributed by atoms with Crippen molar-refractivity contribution in [2.45, 2.75) is 13.5 Å². The SMILES string of the molecule is Cc1ccc(CNc2cccc3ncccc23)cc1Br. The highest BCUT2D eigenvalue weighted by molar-refractivity contribution is 9.10. The van der Waals surface area contributed by atoms with E-state index in [2.05, 4.69) is 63.5 Å². The molecule has 20 heavy (non-hydrogen) atoms. The minimum Gasteiger partial charge on any atom is -0.380 e. The zero-order valence-electron chi connectivity index (χ0n) is 11.2. The largest absolute Gasteiger partial charge is 0.380 e. The predicted octanol–water partition coefficient (Wildman–Crippen LogP) is 4.92. The number of aromatic nitrogens is 1. The van der Waals surface area contributed by atoms with E-state index in [1.54, 1.807) is 0 Å². The van der Waals surface area contributed by atoms with Crippen molar-refractivity contribution in [3.05, 3.63) is 70.3 Å². The van der Waals surface area contributed by atoms with Gasteiger partial charge in [0, 0.05) is 28.3 Å². The first-order valence-electron chi connectivity index (χ1n) is 6.57. The van der Waals surface area contributed by atoms with Gasteiger partial charge in [-0.25, -0.2) is 0 Å². The van der Waals surface area contributed by atoms with Crippen LogP contribution in [0.5, 0.6) is 0 Å². The zero-order valence-corrected chi connectivity index (χ0v) is 12.8. The van der Waals surface area contributed by atoms with Crippen LogP contribution >= 0.6 is 15.9 Å². The quantitative estimate of drug-likeness (QED) is 0.739. The standard InChI is InChI=1S/C17H15BrN2/c1-12-7-8-13(10-15(12)18)11-20-17-6-2-5-16-14(17)4-3-9-19-16/h2-10,20H,11H2,1H3. The summed E-state index contributed by atoms with van der Waals surface area (Å²) in [7, 11) is 0. The number of rotatable bonds is 3. The average Bonchev–Trinajstić information content (AvgIpc) is 2.48. The van der Waals surface area contributed by atoms with Gasteiger partial charge in [-0.1, -0.05) is 34.1 Å². The van der Waals surface area contributed by atoms with Crippen LogP contribution in [0.4, 0.5) is 5.69 Å². The summed E-state index contributed by atoms with van der Waals surface area (Å²) in [6, 6.07) is 16.7. The van der Waals surface area contributed by atoms with Crippen LogP contribution in [0.1, 0.15) is 11.1 Å². The van der Waals surface area contributed by atoms with Gasteiger partial charge < -0.3 is 5.32 Å². The van der Waals surface area contributed by atoms with Crippen molar-refractivity contribution in [1.82, 2.24) is 4.98 Å². The predicted molar refractivity (Wildman–Crippen MR) is 87.9 cm³/mol. The minimum absolute atomic E-state index is 0.798. The summed E-state index contributed by atoms with van der Waals surface area (Å²) in [5.41, 5.74) is 4.64. The summed E-state index contributed by atoms with van der Waals surface area (Å²) in [5.74, 6) is 0. The first kappa shape index (κ1) is 13.1. The molecular formula is C17H15BrN2. The maximum atomic E-state index is 4.38. The maximum absolute atomic E-state index is 4.38. The number of nitrogens with zero attached hydrogens (tertiary/aromatic N) is 1. The van der Waals surface area contributed by atoms with E-state index in [9.17, 15) is 0 Å². The number of hydrogen-bond donors (Lipinski definition) is 1. The second-order valence-electron chi connectivity index (χ2n) is 4.81. The van der Waals surface area contributed by atoms with Crippen LogP contribution in [0, 0.1) is 6.92 Å². The third-order valence-electron chi connectivity index (χ3n) is 3.36. The molecule has 1 aromatic heterocycles. The number of nitrogens with one attached hydrogen (secondary N) is 1. The molecule has 0 fully saturated rings. The molecule has 1 heterocycles. The van der Waals surface area contributed by atoms with E-state index in [0.717, 1.165) is 27.6 Å². The van der Waals surface area contributed by atoms with Crippen molar-refractivity contribution in [2.75, 3.05) is 5.32 Å². The first-order chi connectivity index (χ1) is 9.74. The van der Waals surface area contributed by atoms with Gasteiger partial charge in [0.05, 0.1) is 5.52 Å². The Balaban J connectivity index is 1.85. The molecule has 2 aromatic carbocycles. The van der Waals surface area contributed by atoms with Crippen LogP contribution < -0.4 is 5.32 Å². The third-order valence-corrected chi connectivity index (χ3v) is 4.22. The Kier molecular flexibility index (Phi) is 3.70. The Morgan fingerprint density at radius 3 is 2.85 bits per heavy atom. The minimum atomic E-state index is 0.798. The van der Waals surface area contributed by atoms with Gasteiger partial charge >= 0.3 is 0 Å². The molecule has 0 amide bonds. The highest BCUT2D eigenvalue weighted by Gasteiger charge is 2.02. The van der Waals surface area contributed by atoms with Gasteiger partial charge in [-0.15, -0.1) is 0 Å². The molecule has 3 heteroatoms. The lowest BCUT2D eigenvalue weighted by molar-refractivity contribution is 1.14.